The maximum absolute atomic E-state index is 12.0. The molecule has 0 amide bonds. The maximum Gasteiger partial charge on any atom is 0.354 e. The molecule has 9 heteroatoms. The van der Waals surface area contributed by atoms with E-state index in [1.807, 2.05) is 0 Å². The molecule has 0 radical (unpaired) electrons. The van der Waals surface area contributed by atoms with Gasteiger partial charge in [-0.25, -0.2) is 4.79 Å². The topological polar surface area (TPSA) is 133 Å². The second-order valence-electron chi connectivity index (χ2n) is 4.30. The van der Waals surface area contributed by atoms with E-state index in [2.05, 4.69) is 9.47 Å². The van der Waals surface area contributed by atoms with Crippen LogP contribution >= 0.6 is 0 Å². The number of aliphatic hydroxyl groups is 1. The van der Waals surface area contributed by atoms with Crippen LogP contribution in [0.3, 0.4) is 0 Å². The van der Waals surface area contributed by atoms with Gasteiger partial charge < -0.3 is 14.6 Å². The van der Waals surface area contributed by atoms with E-state index >= 15 is 0 Å². The first-order valence-corrected chi connectivity index (χ1v) is 6.01. The number of carbonyl (C=O) groups excluding carboxylic acids is 3. The molecule has 9 nitrogen and oxygen atoms in total. The van der Waals surface area contributed by atoms with E-state index < -0.39 is 46.3 Å². The second kappa shape index (κ2) is 6.76. The Hall–Kier alpha value is -2.81. The summed E-state index contributed by atoms with van der Waals surface area (Å²) in [6, 6.07) is 4.81. The van der Waals surface area contributed by atoms with Crippen molar-refractivity contribution in [3.8, 4) is 0 Å². The molecule has 0 saturated heterocycles. The average Bonchev–Trinajstić information content (AvgIpc) is 2.43. The van der Waals surface area contributed by atoms with E-state index in [1.165, 1.54) is 12.1 Å². The van der Waals surface area contributed by atoms with Crippen molar-refractivity contribution >= 4 is 23.6 Å². The van der Waals surface area contributed by atoms with E-state index in [4.69, 9.17) is 0 Å². The minimum atomic E-state index is -2.68. The molecule has 0 fully saturated rings. The molecule has 0 saturated carbocycles. The van der Waals surface area contributed by atoms with Gasteiger partial charge in [-0.15, -0.1) is 0 Å². The molecule has 1 N–H and O–H groups in total. The lowest BCUT2D eigenvalue weighted by atomic mass is 9.93. The van der Waals surface area contributed by atoms with Crippen molar-refractivity contribution in [2.45, 2.75) is 19.4 Å². The quantitative estimate of drug-likeness (QED) is 0.358. The number of para-hydroxylation sites is 1. The van der Waals surface area contributed by atoms with Gasteiger partial charge in [0.2, 0.25) is 5.60 Å². The first kappa shape index (κ1) is 17.2. The summed E-state index contributed by atoms with van der Waals surface area (Å²) in [5.74, 6) is -3.33. The third kappa shape index (κ3) is 3.85. The minimum Gasteiger partial charge on any atom is -0.462 e. The Morgan fingerprint density at radius 3 is 2.32 bits per heavy atom. The average molecular weight is 311 g/mol. The fourth-order valence-electron chi connectivity index (χ4n) is 1.65. The highest BCUT2D eigenvalue weighted by molar-refractivity contribution is 5.91. The fourth-order valence-corrected chi connectivity index (χ4v) is 1.65. The first-order valence-electron chi connectivity index (χ1n) is 6.01. The van der Waals surface area contributed by atoms with E-state index in [0.29, 0.717) is 0 Å². The van der Waals surface area contributed by atoms with E-state index in [1.54, 1.807) is 0 Å². The molecule has 0 bridgehead atoms. The number of hydrogen-bond acceptors (Lipinski definition) is 8. The van der Waals surface area contributed by atoms with Gasteiger partial charge in [0.05, 0.1) is 10.5 Å². The Morgan fingerprint density at radius 2 is 1.82 bits per heavy atom. The van der Waals surface area contributed by atoms with Crippen LogP contribution in [-0.4, -0.2) is 34.5 Å². The number of nitro benzene ring substituents is 1. The number of hydrogen-bond donors (Lipinski definition) is 1. The monoisotopic (exact) mass is 311 g/mol. The summed E-state index contributed by atoms with van der Waals surface area (Å²) in [6.07, 6.45) is 0. The summed E-state index contributed by atoms with van der Waals surface area (Å²) in [4.78, 5) is 43.9. The first-order chi connectivity index (χ1) is 10.2. The van der Waals surface area contributed by atoms with Gasteiger partial charge in [-0.1, -0.05) is 12.1 Å². The van der Waals surface area contributed by atoms with E-state index in [0.717, 1.165) is 26.0 Å². The van der Waals surface area contributed by atoms with Crippen molar-refractivity contribution in [1.82, 2.24) is 0 Å². The zero-order valence-corrected chi connectivity index (χ0v) is 11.8. The molecular formula is C13H13NO8. The number of esters is 3. The van der Waals surface area contributed by atoms with E-state index in [9.17, 15) is 29.6 Å². The van der Waals surface area contributed by atoms with Crippen molar-refractivity contribution in [2.75, 3.05) is 6.61 Å². The SMILES string of the molecule is CC(=O)OCC(O)(C(=O)OC(C)=O)c1ccccc1[N+](=O)[O-]. The molecule has 1 atom stereocenters. The van der Waals surface area contributed by atoms with Crippen molar-refractivity contribution in [2.24, 2.45) is 0 Å². The minimum absolute atomic E-state index is 0.451. The highest BCUT2D eigenvalue weighted by atomic mass is 16.6. The highest BCUT2D eigenvalue weighted by Crippen LogP contribution is 2.31. The lowest BCUT2D eigenvalue weighted by molar-refractivity contribution is -0.386. The zero-order chi connectivity index (χ0) is 16.9. The number of nitrogens with zero attached hydrogens (tertiary/aromatic N) is 1. The third-order valence-electron chi connectivity index (χ3n) is 2.60. The molecule has 1 rings (SSSR count). The van der Waals surface area contributed by atoms with Crippen LogP contribution in [-0.2, 0) is 29.5 Å². The number of nitro groups is 1. The molecule has 1 unspecified atom stereocenters. The molecule has 0 aliphatic heterocycles. The molecule has 0 aliphatic carbocycles. The molecule has 22 heavy (non-hydrogen) atoms. The molecular weight excluding hydrogens is 298 g/mol. The largest absolute Gasteiger partial charge is 0.462 e. The second-order valence-corrected chi connectivity index (χ2v) is 4.30. The summed E-state index contributed by atoms with van der Waals surface area (Å²) in [6.45, 7) is 1.01. The predicted molar refractivity (Wildman–Crippen MR) is 70.4 cm³/mol. The highest BCUT2D eigenvalue weighted by Gasteiger charge is 2.46. The van der Waals surface area contributed by atoms with Crippen LogP contribution in [0.15, 0.2) is 24.3 Å². The van der Waals surface area contributed by atoms with Crippen molar-refractivity contribution < 1.29 is 33.9 Å². The number of benzene rings is 1. The van der Waals surface area contributed by atoms with Gasteiger partial charge in [-0.3, -0.25) is 19.7 Å². The maximum atomic E-state index is 12.0. The lowest BCUT2D eigenvalue weighted by Crippen LogP contribution is -2.43. The predicted octanol–water partition coefficient (Wildman–Crippen LogP) is 0.435. The molecule has 0 aromatic heterocycles. The van der Waals surface area contributed by atoms with Crippen molar-refractivity contribution in [3.05, 3.63) is 39.9 Å². The van der Waals surface area contributed by atoms with Gasteiger partial charge in [0.15, 0.2) is 0 Å². The van der Waals surface area contributed by atoms with E-state index in [-0.39, 0.29) is 0 Å². The molecule has 0 heterocycles. The summed E-state index contributed by atoms with van der Waals surface area (Å²) in [7, 11) is 0. The van der Waals surface area contributed by atoms with Crippen LogP contribution in [0.1, 0.15) is 19.4 Å². The van der Waals surface area contributed by atoms with Crippen molar-refractivity contribution in [1.29, 1.82) is 0 Å². The van der Waals surface area contributed by atoms with Crippen molar-refractivity contribution in [3.63, 3.8) is 0 Å². The van der Waals surface area contributed by atoms with Gasteiger partial charge in [0.1, 0.15) is 6.61 Å². The Kier molecular flexibility index (Phi) is 5.30. The molecule has 1 aromatic carbocycles. The molecule has 1 aromatic rings. The van der Waals surface area contributed by atoms with Crippen LogP contribution in [0, 0.1) is 10.1 Å². The summed E-state index contributed by atoms with van der Waals surface area (Å²) >= 11 is 0. The molecule has 118 valence electrons. The van der Waals surface area contributed by atoms with Crippen LogP contribution in [0.2, 0.25) is 0 Å². The Bertz CT molecular complexity index is 626. The smallest absolute Gasteiger partial charge is 0.354 e. The van der Waals surface area contributed by atoms with Crippen LogP contribution < -0.4 is 0 Å². The molecule has 0 spiro atoms. The Morgan fingerprint density at radius 1 is 1.23 bits per heavy atom. The lowest BCUT2D eigenvalue weighted by Gasteiger charge is -2.24. The summed E-state index contributed by atoms with van der Waals surface area (Å²) in [5, 5.41) is 21.5. The molecule has 0 aliphatic rings. The Balaban J connectivity index is 3.37. The van der Waals surface area contributed by atoms with Crippen LogP contribution in [0.5, 0.6) is 0 Å². The normalized spacial score (nSPS) is 12.9. The standard InChI is InChI=1S/C13H13NO8/c1-8(15)21-7-13(18,12(17)22-9(2)16)10-5-3-4-6-11(10)14(19)20/h3-6,18H,7H2,1-2H3. The van der Waals surface area contributed by atoms with Gasteiger partial charge >= 0.3 is 17.9 Å². The van der Waals surface area contributed by atoms with Gasteiger partial charge in [0, 0.05) is 19.9 Å². The number of ether oxygens (including phenoxy) is 2. The number of carbonyl (C=O) groups is 3. The van der Waals surface area contributed by atoms with Gasteiger partial charge in [-0.2, -0.15) is 0 Å². The van der Waals surface area contributed by atoms with Crippen LogP contribution in [0.25, 0.3) is 0 Å². The Labute approximate surface area is 124 Å². The fraction of sp³-hybridized carbons (Fsp3) is 0.308. The zero-order valence-electron chi connectivity index (χ0n) is 11.8. The van der Waals surface area contributed by atoms with Crippen LogP contribution in [0.4, 0.5) is 5.69 Å². The van der Waals surface area contributed by atoms with Gasteiger partial charge in [0.25, 0.3) is 5.69 Å². The number of rotatable bonds is 5. The third-order valence-corrected chi connectivity index (χ3v) is 2.60. The van der Waals surface area contributed by atoms with Gasteiger partial charge in [-0.05, 0) is 6.07 Å². The summed E-state index contributed by atoms with van der Waals surface area (Å²) < 4.78 is 8.87. The summed E-state index contributed by atoms with van der Waals surface area (Å²) in [5.41, 5.74) is -3.72.